The first-order chi connectivity index (χ1) is 8.83. The normalized spacial score (nSPS) is 25.4. The number of hydrogen-bond donors (Lipinski definition) is 1. The molecule has 0 aromatic carbocycles. The van der Waals surface area contributed by atoms with Crippen LogP contribution in [0.25, 0.3) is 0 Å². The van der Waals surface area contributed by atoms with Crippen LogP contribution < -0.4 is 5.32 Å². The van der Waals surface area contributed by atoms with Crippen molar-refractivity contribution < 1.29 is 4.79 Å². The second kappa shape index (κ2) is 5.43. The molecule has 3 nitrogen and oxygen atoms in total. The van der Waals surface area contributed by atoms with Gasteiger partial charge in [-0.25, -0.2) is 0 Å². The van der Waals surface area contributed by atoms with E-state index in [1.54, 1.807) is 0 Å². The summed E-state index contributed by atoms with van der Waals surface area (Å²) in [7, 11) is 0. The molecule has 1 amide bonds. The minimum atomic E-state index is -0.111. The van der Waals surface area contributed by atoms with E-state index in [1.807, 2.05) is 0 Å². The monoisotopic (exact) mass is 266 g/mol. The Morgan fingerprint density at radius 2 is 1.68 bits per heavy atom. The number of carbonyl (C=O) groups excluding carboxylic acids is 1. The molecule has 2 aliphatic heterocycles. The summed E-state index contributed by atoms with van der Waals surface area (Å²) >= 11 is 0. The molecule has 0 aromatic rings. The van der Waals surface area contributed by atoms with Gasteiger partial charge in [0.1, 0.15) is 0 Å². The fourth-order valence-corrected chi connectivity index (χ4v) is 3.52. The Bertz CT molecular complexity index is 318. The van der Waals surface area contributed by atoms with Gasteiger partial charge < -0.3 is 10.2 Å². The molecule has 0 spiro atoms. The van der Waals surface area contributed by atoms with Gasteiger partial charge in [0.05, 0.1) is 0 Å². The quantitative estimate of drug-likeness (QED) is 0.791. The van der Waals surface area contributed by atoms with Crippen LogP contribution in [0.1, 0.15) is 53.4 Å². The molecule has 0 aromatic heterocycles. The summed E-state index contributed by atoms with van der Waals surface area (Å²) in [5.41, 5.74) is 0.271. The Balaban J connectivity index is 1.92. The molecule has 0 bridgehead atoms. The molecule has 19 heavy (non-hydrogen) atoms. The second-order valence-electron chi connectivity index (χ2n) is 7.74. The van der Waals surface area contributed by atoms with Gasteiger partial charge >= 0.3 is 0 Å². The predicted octanol–water partition coefficient (Wildman–Crippen LogP) is 2.66. The van der Waals surface area contributed by atoms with E-state index in [0.29, 0.717) is 11.3 Å². The van der Waals surface area contributed by atoms with Crippen molar-refractivity contribution in [1.29, 1.82) is 0 Å². The molecule has 0 aliphatic carbocycles. The molecular formula is C16H30N2O. The van der Waals surface area contributed by atoms with Crippen molar-refractivity contribution in [2.75, 3.05) is 26.2 Å². The van der Waals surface area contributed by atoms with Crippen molar-refractivity contribution in [3.63, 3.8) is 0 Å². The fourth-order valence-electron chi connectivity index (χ4n) is 3.52. The van der Waals surface area contributed by atoms with E-state index in [2.05, 4.69) is 37.9 Å². The van der Waals surface area contributed by atoms with Gasteiger partial charge in [0.2, 0.25) is 5.91 Å². The highest BCUT2D eigenvalue weighted by Crippen LogP contribution is 2.37. The van der Waals surface area contributed by atoms with E-state index in [1.165, 1.54) is 12.8 Å². The van der Waals surface area contributed by atoms with Gasteiger partial charge in [-0.05, 0) is 50.1 Å². The van der Waals surface area contributed by atoms with Crippen molar-refractivity contribution in [2.24, 2.45) is 16.7 Å². The number of amides is 1. The van der Waals surface area contributed by atoms with Gasteiger partial charge in [0, 0.05) is 18.5 Å². The van der Waals surface area contributed by atoms with Gasteiger partial charge in [-0.1, -0.05) is 27.7 Å². The van der Waals surface area contributed by atoms with E-state index in [-0.39, 0.29) is 5.41 Å². The van der Waals surface area contributed by atoms with E-state index in [4.69, 9.17) is 0 Å². The van der Waals surface area contributed by atoms with E-state index < -0.39 is 0 Å². The zero-order chi connectivity index (χ0) is 14.1. The lowest BCUT2D eigenvalue weighted by Gasteiger charge is -2.43. The lowest BCUT2D eigenvalue weighted by atomic mass is 9.74. The Kier molecular flexibility index (Phi) is 4.24. The number of hydrogen-bond acceptors (Lipinski definition) is 2. The summed E-state index contributed by atoms with van der Waals surface area (Å²) < 4.78 is 0. The van der Waals surface area contributed by atoms with E-state index in [0.717, 1.165) is 44.9 Å². The SMILES string of the molecule is CC1(C(=O)N2CCC(C(C)(C)C)CC2)CCNCC1. The van der Waals surface area contributed by atoms with Crippen LogP contribution >= 0.6 is 0 Å². The van der Waals surface area contributed by atoms with E-state index in [9.17, 15) is 4.79 Å². The molecule has 2 fully saturated rings. The van der Waals surface area contributed by atoms with Crippen LogP contribution in [0.4, 0.5) is 0 Å². The number of nitrogens with zero attached hydrogens (tertiary/aromatic N) is 1. The highest BCUT2D eigenvalue weighted by Gasteiger charge is 2.39. The number of nitrogens with one attached hydrogen (secondary N) is 1. The smallest absolute Gasteiger partial charge is 0.228 e. The van der Waals surface area contributed by atoms with Crippen LogP contribution in [0, 0.1) is 16.7 Å². The fraction of sp³-hybridized carbons (Fsp3) is 0.938. The number of piperidine rings is 2. The molecule has 2 heterocycles. The highest BCUT2D eigenvalue weighted by molar-refractivity contribution is 5.82. The van der Waals surface area contributed by atoms with Crippen LogP contribution in [0.3, 0.4) is 0 Å². The van der Waals surface area contributed by atoms with Crippen molar-refractivity contribution >= 4 is 5.91 Å². The number of likely N-dealkylation sites (tertiary alicyclic amines) is 1. The predicted molar refractivity (Wildman–Crippen MR) is 79.0 cm³/mol. The van der Waals surface area contributed by atoms with Gasteiger partial charge in [-0.15, -0.1) is 0 Å². The third-order valence-corrected chi connectivity index (χ3v) is 5.23. The zero-order valence-corrected chi connectivity index (χ0v) is 13.1. The topological polar surface area (TPSA) is 32.3 Å². The van der Waals surface area contributed by atoms with Crippen molar-refractivity contribution in [3.8, 4) is 0 Å². The summed E-state index contributed by atoms with van der Waals surface area (Å²) in [6, 6.07) is 0. The molecule has 3 heteroatoms. The molecule has 0 saturated carbocycles. The summed E-state index contributed by atoms with van der Waals surface area (Å²) in [6.45, 7) is 13.0. The average molecular weight is 266 g/mol. The van der Waals surface area contributed by atoms with Crippen LogP contribution in [-0.4, -0.2) is 37.0 Å². The number of rotatable bonds is 1. The molecule has 2 aliphatic rings. The summed E-state index contributed by atoms with van der Waals surface area (Å²) in [4.78, 5) is 14.9. The molecule has 1 N–H and O–H groups in total. The minimum Gasteiger partial charge on any atom is -0.342 e. The van der Waals surface area contributed by atoms with Crippen LogP contribution in [-0.2, 0) is 4.79 Å². The van der Waals surface area contributed by atoms with Crippen LogP contribution in [0.15, 0.2) is 0 Å². The first-order valence-electron chi connectivity index (χ1n) is 7.83. The first kappa shape index (κ1) is 14.8. The molecule has 0 unspecified atom stereocenters. The molecule has 2 rings (SSSR count). The maximum absolute atomic E-state index is 12.7. The maximum Gasteiger partial charge on any atom is 0.228 e. The number of carbonyl (C=O) groups is 1. The molecule has 110 valence electrons. The van der Waals surface area contributed by atoms with Crippen molar-refractivity contribution in [1.82, 2.24) is 10.2 Å². The molecular weight excluding hydrogens is 236 g/mol. The zero-order valence-electron chi connectivity index (χ0n) is 13.1. The van der Waals surface area contributed by atoms with Crippen molar-refractivity contribution in [3.05, 3.63) is 0 Å². The van der Waals surface area contributed by atoms with Gasteiger partial charge in [0.15, 0.2) is 0 Å². The standard InChI is InChI=1S/C16H30N2O/c1-15(2,3)13-5-11-18(12-6-13)14(19)16(4)7-9-17-10-8-16/h13,17H,5-12H2,1-4H3. The highest BCUT2D eigenvalue weighted by atomic mass is 16.2. The lowest BCUT2D eigenvalue weighted by molar-refractivity contribution is -0.144. The minimum absolute atomic E-state index is 0.111. The second-order valence-corrected chi connectivity index (χ2v) is 7.74. The third-order valence-electron chi connectivity index (χ3n) is 5.23. The Morgan fingerprint density at radius 3 is 2.16 bits per heavy atom. The van der Waals surface area contributed by atoms with Gasteiger partial charge in [-0.3, -0.25) is 4.79 Å². The summed E-state index contributed by atoms with van der Waals surface area (Å²) in [5, 5.41) is 3.35. The summed E-state index contributed by atoms with van der Waals surface area (Å²) in [5.74, 6) is 1.17. The van der Waals surface area contributed by atoms with Crippen LogP contribution in [0.2, 0.25) is 0 Å². The van der Waals surface area contributed by atoms with Crippen LogP contribution in [0.5, 0.6) is 0 Å². The van der Waals surface area contributed by atoms with Crippen molar-refractivity contribution in [2.45, 2.75) is 53.4 Å². The lowest BCUT2D eigenvalue weighted by Crippen LogP contribution is -2.50. The van der Waals surface area contributed by atoms with E-state index >= 15 is 0 Å². The molecule has 0 atom stereocenters. The third kappa shape index (κ3) is 3.31. The maximum atomic E-state index is 12.7. The summed E-state index contributed by atoms with van der Waals surface area (Å²) in [6.07, 6.45) is 4.32. The Morgan fingerprint density at radius 1 is 1.16 bits per heavy atom. The Hall–Kier alpha value is -0.570. The average Bonchev–Trinajstić information content (AvgIpc) is 2.38. The van der Waals surface area contributed by atoms with Gasteiger partial charge in [0.25, 0.3) is 0 Å². The molecule has 0 radical (unpaired) electrons. The van der Waals surface area contributed by atoms with Gasteiger partial charge in [-0.2, -0.15) is 0 Å². The first-order valence-corrected chi connectivity index (χ1v) is 7.83. The Labute approximate surface area is 118 Å². The molecule has 2 saturated heterocycles. The largest absolute Gasteiger partial charge is 0.342 e.